The predicted octanol–water partition coefficient (Wildman–Crippen LogP) is 3.41. The van der Waals surface area contributed by atoms with Gasteiger partial charge in [-0.25, -0.2) is 17.8 Å². The number of benzene rings is 2. The van der Waals surface area contributed by atoms with Crippen LogP contribution in [-0.2, 0) is 16.4 Å². The van der Waals surface area contributed by atoms with Crippen LogP contribution >= 0.6 is 0 Å². The van der Waals surface area contributed by atoms with Crippen molar-refractivity contribution >= 4 is 20.9 Å². The van der Waals surface area contributed by atoms with Crippen LogP contribution in [0, 0.1) is 5.82 Å². The Morgan fingerprint density at radius 1 is 1.13 bits per heavy atom. The summed E-state index contributed by atoms with van der Waals surface area (Å²) in [5, 5.41) is 0.0461. The maximum atomic E-state index is 13.4. The molecule has 0 aliphatic carbocycles. The van der Waals surface area contributed by atoms with Crippen molar-refractivity contribution < 1.29 is 12.8 Å². The summed E-state index contributed by atoms with van der Waals surface area (Å²) in [7, 11) is -3.47. The third-order valence-electron chi connectivity index (χ3n) is 3.60. The van der Waals surface area contributed by atoms with E-state index >= 15 is 0 Å². The van der Waals surface area contributed by atoms with Gasteiger partial charge in [-0.3, -0.25) is 0 Å². The largest absolute Gasteiger partial charge is 0.310 e. The van der Waals surface area contributed by atoms with Crippen LogP contribution in [0.15, 0.2) is 53.7 Å². The lowest BCUT2D eigenvalue weighted by molar-refractivity contribution is 0.573. The van der Waals surface area contributed by atoms with E-state index in [1.54, 1.807) is 22.8 Å². The van der Waals surface area contributed by atoms with Gasteiger partial charge in [0.1, 0.15) is 5.82 Å². The molecule has 0 bridgehead atoms. The molecule has 0 atom stereocenters. The Balaban J connectivity index is 2.17. The van der Waals surface area contributed by atoms with Crippen LogP contribution in [0.1, 0.15) is 18.9 Å². The third kappa shape index (κ3) is 3.12. The fraction of sp³-hybridized carbons (Fsp3) is 0.235. The highest BCUT2D eigenvalue weighted by Crippen LogP contribution is 2.22. The van der Waals surface area contributed by atoms with Crippen molar-refractivity contribution in [1.82, 2.24) is 9.55 Å². The van der Waals surface area contributed by atoms with Gasteiger partial charge in [0, 0.05) is 0 Å². The zero-order valence-corrected chi connectivity index (χ0v) is 13.6. The average molecular weight is 332 g/mol. The molecule has 2 aromatic carbocycles. The van der Waals surface area contributed by atoms with E-state index in [1.807, 2.05) is 25.1 Å². The second-order valence-corrected chi connectivity index (χ2v) is 7.42. The Morgan fingerprint density at radius 3 is 2.65 bits per heavy atom. The zero-order chi connectivity index (χ0) is 16.4. The molecule has 0 saturated carbocycles. The molecule has 0 N–H and O–H groups in total. The van der Waals surface area contributed by atoms with Gasteiger partial charge in [-0.1, -0.05) is 31.2 Å². The summed E-state index contributed by atoms with van der Waals surface area (Å²) in [6, 6.07) is 13.4. The first-order chi connectivity index (χ1) is 11.0. The molecule has 23 heavy (non-hydrogen) atoms. The summed E-state index contributed by atoms with van der Waals surface area (Å²) in [5.41, 5.74) is 2.05. The van der Waals surface area contributed by atoms with Crippen LogP contribution in [-0.4, -0.2) is 23.7 Å². The standard InChI is InChI=1S/C17H17FN2O2S/c1-2-10-23(21,22)17-19-15-8-3-4-9-16(15)20(17)12-13-6-5-7-14(18)11-13/h3-9,11H,2,10,12H2,1H3. The molecular weight excluding hydrogens is 315 g/mol. The SMILES string of the molecule is CCCS(=O)(=O)c1nc2ccccc2n1Cc1cccc(F)c1. The zero-order valence-electron chi connectivity index (χ0n) is 12.7. The van der Waals surface area contributed by atoms with E-state index in [0.717, 1.165) is 5.52 Å². The Kier molecular flexibility index (Phi) is 4.17. The van der Waals surface area contributed by atoms with Crippen LogP contribution in [0.4, 0.5) is 4.39 Å². The predicted molar refractivity (Wildman–Crippen MR) is 87.6 cm³/mol. The maximum Gasteiger partial charge on any atom is 0.229 e. The van der Waals surface area contributed by atoms with E-state index in [9.17, 15) is 12.8 Å². The molecule has 120 valence electrons. The number of nitrogens with zero attached hydrogens (tertiary/aromatic N) is 2. The highest BCUT2D eigenvalue weighted by atomic mass is 32.2. The van der Waals surface area contributed by atoms with Crippen LogP contribution in [0.3, 0.4) is 0 Å². The van der Waals surface area contributed by atoms with Gasteiger partial charge in [0.25, 0.3) is 0 Å². The van der Waals surface area contributed by atoms with Crippen LogP contribution in [0.5, 0.6) is 0 Å². The summed E-state index contributed by atoms with van der Waals surface area (Å²) in [6.07, 6.45) is 0.519. The molecular formula is C17H17FN2O2S. The molecule has 1 aromatic heterocycles. The molecule has 0 unspecified atom stereocenters. The van der Waals surface area contributed by atoms with Gasteiger partial charge in [0.05, 0.1) is 23.3 Å². The number of hydrogen-bond acceptors (Lipinski definition) is 3. The van der Waals surface area contributed by atoms with Crippen molar-refractivity contribution in [1.29, 1.82) is 0 Å². The lowest BCUT2D eigenvalue weighted by atomic mass is 10.2. The quantitative estimate of drug-likeness (QED) is 0.719. The number of sulfone groups is 1. The second kappa shape index (κ2) is 6.12. The normalized spacial score (nSPS) is 11.9. The van der Waals surface area contributed by atoms with Gasteiger partial charge >= 0.3 is 0 Å². The third-order valence-corrected chi connectivity index (χ3v) is 5.41. The minimum Gasteiger partial charge on any atom is -0.310 e. The van der Waals surface area contributed by atoms with Gasteiger partial charge in [0.15, 0.2) is 0 Å². The van der Waals surface area contributed by atoms with E-state index in [-0.39, 0.29) is 23.3 Å². The molecule has 1 heterocycles. The lowest BCUT2D eigenvalue weighted by Crippen LogP contribution is -2.14. The van der Waals surface area contributed by atoms with Crippen molar-refractivity contribution in [2.24, 2.45) is 0 Å². The molecule has 0 spiro atoms. The van der Waals surface area contributed by atoms with Crippen LogP contribution < -0.4 is 0 Å². The van der Waals surface area contributed by atoms with Crippen molar-refractivity contribution in [3.63, 3.8) is 0 Å². The fourth-order valence-electron chi connectivity index (χ4n) is 2.62. The fourth-order valence-corrected chi connectivity index (χ4v) is 4.08. The first-order valence-electron chi connectivity index (χ1n) is 7.44. The number of rotatable bonds is 5. The van der Waals surface area contributed by atoms with Crippen LogP contribution in [0.25, 0.3) is 11.0 Å². The van der Waals surface area contributed by atoms with Crippen LogP contribution in [0.2, 0.25) is 0 Å². The molecule has 0 saturated heterocycles. The molecule has 0 aliphatic rings. The van der Waals surface area contributed by atoms with Crippen molar-refractivity contribution in [3.8, 4) is 0 Å². The van der Waals surface area contributed by atoms with Gasteiger partial charge < -0.3 is 4.57 Å². The summed E-state index contributed by atoms with van der Waals surface area (Å²) < 4.78 is 40.1. The maximum absolute atomic E-state index is 13.4. The summed E-state index contributed by atoms with van der Waals surface area (Å²) in [5.74, 6) is -0.302. The summed E-state index contributed by atoms with van der Waals surface area (Å²) in [4.78, 5) is 4.30. The monoisotopic (exact) mass is 332 g/mol. The van der Waals surface area contributed by atoms with Crippen molar-refractivity contribution in [2.45, 2.75) is 25.0 Å². The molecule has 0 amide bonds. The number of imidazole rings is 1. The van der Waals surface area contributed by atoms with E-state index < -0.39 is 9.84 Å². The van der Waals surface area contributed by atoms with E-state index in [2.05, 4.69) is 4.98 Å². The first-order valence-corrected chi connectivity index (χ1v) is 9.09. The Hall–Kier alpha value is -2.21. The molecule has 3 rings (SSSR count). The lowest BCUT2D eigenvalue weighted by Gasteiger charge is -2.09. The minimum absolute atomic E-state index is 0.0411. The molecule has 0 radical (unpaired) electrons. The number of hydrogen-bond donors (Lipinski definition) is 0. The second-order valence-electron chi connectivity index (χ2n) is 5.42. The number of aromatic nitrogens is 2. The average Bonchev–Trinajstić information content (AvgIpc) is 2.87. The molecule has 0 fully saturated rings. The molecule has 6 heteroatoms. The first kappa shape index (κ1) is 15.7. The van der Waals surface area contributed by atoms with Crippen molar-refractivity contribution in [3.05, 3.63) is 59.9 Å². The molecule has 4 nitrogen and oxygen atoms in total. The number of fused-ring (bicyclic) bond motifs is 1. The minimum atomic E-state index is -3.47. The van der Waals surface area contributed by atoms with Gasteiger partial charge in [-0.2, -0.15) is 0 Å². The summed E-state index contributed by atoms with van der Waals surface area (Å²) in [6.45, 7) is 2.08. The highest BCUT2D eigenvalue weighted by Gasteiger charge is 2.23. The molecule has 3 aromatic rings. The van der Waals surface area contributed by atoms with E-state index in [4.69, 9.17) is 0 Å². The van der Waals surface area contributed by atoms with E-state index in [1.165, 1.54) is 12.1 Å². The van der Waals surface area contributed by atoms with Crippen molar-refractivity contribution in [2.75, 3.05) is 5.75 Å². The summed E-state index contributed by atoms with van der Waals surface area (Å²) >= 11 is 0. The van der Waals surface area contributed by atoms with Gasteiger partial charge in [0.2, 0.25) is 15.0 Å². The van der Waals surface area contributed by atoms with Gasteiger partial charge in [-0.05, 0) is 36.2 Å². The smallest absolute Gasteiger partial charge is 0.229 e. The topological polar surface area (TPSA) is 52.0 Å². The highest BCUT2D eigenvalue weighted by molar-refractivity contribution is 7.91. The number of para-hydroxylation sites is 2. The Labute approximate surface area is 134 Å². The van der Waals surface area contributed by atoms with E-state index in [0.29, 0.717) is 17.5 Å². The number of halogens is 1. The molecule has 0 aliphatic heterocycles. The Bertz CT molecular complexity index is 948. The van der Waals surface area contributed by atoms with Gasteiger partial charge in [-0.15, -0.1) is 0 Å². The Morgan fingerprint density at radius 2 is 1.91 bits per heavy atom.